The molecule has 5 nitrogen and oxygen atoms in total. The molecule has 0 N–H and O–H groups in total. The van der Waals surface area contributed by atoms with Crippen LogP contribution in [0.15, 0.2) is 16.9 Å². The number of carbonyl (C=O) groups is 1. The van der Waals surface area contributed by atoms with Gasteiger partial charge in [0.05, 0.1) is 4.47 Å². The molecular formula is C10H13BrN2O3. The third-order valence-corrected chi connectivity index (χ3v) is 1.75. The van der Waals surface area contributed by atoms with Crippen LogP contribution in [-0.4, -0.2) is 28.1 Å². The molecule has 0 spiro atoms. The molecule has 1 aromatic rings. The summed E-state index contributed by atoms with van der Waals surface area (Å²) in [6.45, 7) is 5.18. The van der Waals surface area contributed by atoms with Gasteiger partial charge in [-0.2, -0.15) is 0 Å². The summed E-state index contributed by atoms with van der Waals surface area (Å²) in [6, 6.07) is 0.147. The Hall–Kier alpha value is -1.17. The first-order chi connectivity index (χ1) is 7.37. The Labute approximate surface area is 102 Å². The maximum Gasteiger partial charge on any atom is 0.344 e. The van der Waals surface area contributed by atoms with E-state index in [4.69, 9.17) is 9.47 Å². The van der Waals surface area contributed by atoms with Crippen LogP contribution < -0.4 is 4.74 Å². The Morgan fingerprint density at radius 1 is 1.38 bits per heavy atom. The van der Waals surface area contributed by atoms with Gasteiger partial charge in [-0.15, -0.1) is 0 Å². The van der Waals surface area contributed by atoms with E-state index < -0.39 is 11.6 Å². The van der Waals surface area contributed by atoms with E-state index in [1.54, 1.807) is 20.8 Å². The van der Waals surface area contributed by atoms with Crippen LogP contribution in [0.4, 0.5) is 0 Å². The average Bonchev–Trinajstić information content (AvgIpc) is 2.14. The Kier molecular flexibility index (Phi) is 4.23. The van der Waals surface area contributed by atoms with E-state index in [1.807, 2.05) is 0 Å². The molecular weight excluding hydrogens is 276 g/mol. The minimum absolute atomic E-state index is 0.147. The molecule has 1 heterocycles. The number of aromatic nitrogens is 2. The Bertz CT molecular complexity index is 359. The molecule has 0 aliphatic carbocycles. The molecule has 0 aliphatic heterocycles. The summed E-state index contributed by atoms with van der Waals surface area (Å²) >= 11 is 3.19. The van der Waals surface area contributed by atoms with E-state index in [9.17, 15) is 4.79 Å². The number of halogens is 1. The average molecular weight is 289 g/mol. The fourth-order valence-electron chi connectivity index (χ4n) is 0.869. The fraction of sp³-hybridized carbons (Fsp3) is 0.500. The van der Waals surface area contributed by atoms with Crippen LogP contribution in [0.25, 0.3) is 0 Å². The van der Waals surface area contributed by atoms with Crippen molar-refractivity contribution in [2.45, 2.75) is 26.4 Å². The first kappa shape index (κ1) is 12.9. The van der Waals surface area contributed by atoms with Crippen molar-refractivity contribution in [3.8, 4) is 6.01 Å². The van der Waals surface area contributed by atoms with Gasteiger partial charge < -0.3 is 9.47 Å². The van der Waals surface area contributed by atoms with Gasteiger partial charge >= 0.3 is 12.0 Å². The van der Waals surface area contributed by atoms with Crippen molar-refractivity contribution in [3.05, 3.63) is 16.9 Å². The highest BCUT2D eigenvalue weighted by atomic mass is 79.9. The summed E-state index contributed by atoms with van der Waals surface area (Å²) in [7, 11) is 0. The summed E-state index contributed by atoms with van der Waals surface area (Å²) < 4.78 is 10.9. The lowest BCUT2D eigenvalue weighted by molar-refractivity contribution is -0.157. The van der Waals surface area contributed by atoms with Gasteiger partial charge in [-0.3, -0.25) is 0 Å². The SMILES string of the molecule is CC(C)(C)OC(=O)COc1ncc(Br)cn1. The number of hydrogen-bond donors (Lipinski definition) is 0. The van der Waals surface area contributed by atoms with Crippen LogP contribution in [0.3, 0.4) is 0 Å². The summed E-state index contributed by atoms with van der Waals surface area (Å²) in [5.74, 6) is -0.445. The maximum absolute atomic E-state index is 11.3. The second-order valence-corrected chi connectivity index (χ2v) is 4.97. The van der Waals surface area contributed by atoms with E-state index in [0.717, 1.165) is 4.47 Å². The first-order valence-electron chi connectivity index (χ1n) is 4.69. The molecule has 0 atom stereocenters. The van der Waals surface area contributed by atoms with Gasteiger partial charge in [-0.25, -0.2) is 14.8 Å². The molecule has 0 saturated carbocycles. The first-order valence-corrected chi connectivity index (χ1v) is 5.48. The summed E-state index contributed by atoms with van der Waals surface area (Å²) in [5, 5.41) is 0. The molecule has 1 rings (SSSR count). The number of rotatable bonds is 3. The van der Waals surface area contributed by atoms with Gasteiger partial charge in [0, 0.05) is 12.4 Å². The molecule has 0 aliphatic rings. The van der Waals surface area contributed by atoms with Gasteiger partial charge in [0.15, 0.2) is 6.61 Å². The minimum atomic E-state index is -0.513. The van der Waals surface area contributed by atoms with Crippen LogP contribution >= 0.6 is 15.9 Å². The molecule has 1 aromatic heterocycles. The fourth-order valence-corrected chi connectivity index (χ4v) is 1.07. The van der Waals surface area contributed by atoms with Gasteiger partial charge in [-0.05, 0) is 36.7 Å². The van der Waals surface area contributed by atoms with Crippen LogP contribution in [0.1, 0.15) is 20.8 Å². The second-order valence-electron chi connectivity index (χ2n) is 4.06. The van der Waals surface area contributed by atoms with Crippen molar-refractivity contribution in [2.24, 2.45) is 0 Å². The third kappa shape index (κ3) is 5.06. The van der Waals surface area contributed by atoms with E-state index in [2.05, 4.69) is 25.9 Å². The number of ether oxygens (including phenoxy) is 2. The molecule has 0 unspecified atom stereocenters. The monoisotopic (exact) mass is 288 g/mol. The molecule has 0 fully saturated rings. The zero-order valence-electron chi connectivity index (χ0n) is 9.36. The van der Waals surface area contributed by atoms with E-state index >= 15 is 0 Å². The molecule has 0 saturated heterocycles. The lowest BCUT2D eigenvalue weighted by Crippen LogP contribution is -2.27. The van der Waals surface area contributed by atoms with Crippen molar-refractivity contribution < 1.29 is 14.3 Å². The van der Waals surface area contributed by atoms with Crippen molar-refractivity contribution in [1.82, 2.24) is 9.97 Å². The van der Waals surface area contributed by atoms with Gasteiger partial charge in [0.25, 0.3) is 0 Å². The minimum Gasteiger partial charge on any atom is -0.457 e. The lowest BCUT2D eigenvalue weighted by atomic mass is 10.2. The van der Waals surface area contributed by atoms with Gasteiger partial charge in [0.2, 0.25) is 0 Å². The normalized spacial score (nSPS) is 11.0. The number of nitrogens with zero attached hydrogens (tertiary/aromatic N) is 2. The Morgan fingerprint density at radius 2 is 1.94 bits per heavy atom. The molecule has 0 aromatic carbocycles. The zero-order valence-corrected chi connectivity index (χ0v) is 10.9. The highest BCUT2D eigenvalue weighted by molar-refractivity contribution is 9.10. The standard InChI is InChI=1S/C10H13BrN2O3/c1-10(2,3)16-8(14)6-15-9-12-4-7(11)5-13-9/h4-5H,6H2,1-3H3. The van der Waals surface area contributed by atoms with E-state index in [0.29, 0.717) is 0 Å². The maximum atomic E-state index is 11.3. The molecule has 0 radical (unpaired) electrons. The highest BCUT2D eigenvalue weighted by Crippen LogP contribution is 2.09. The van der Waals surface area contributed by atoms with Crippen molar-refractivity contribution in [1.29, 1.82) is 0 Å². The van der Waals surface area contributed by atoms with Gasteiger partial charge in [0.1, 0.15) is 5.60 Å². The van der Waals surface area contributed by atoms with Crippen molar-refractivity contribution in [3.63, 3.8) is 0 Å². The predicted molar refractivity (Wildman–Crippen MR) is 61.1 cm³/mol. The largest absolute Gasteiger partial charge is 0.457 e. The molecule has 0 bridgehead atoms. The number of esters is 1. The quantitative estimate of drug-likeness (QED) is 0.796. The molecule has 16 heavy (non-hydrogen) atoms. The van der Waals surface area contributed by atoms with E-state index in [-0.39, 0.29) is 12.6 Å². The van der Waals surface area contributed by atoms with Crippen molar-refractivity contribution in [2.75, 3.05) is 6.61 Å². The Morgan fingerprint density at radius 3 is 2.44 bits per heavy atom. The lowest BCUT2D eigenvalue weighted by Gasteiger charge is -2.19. The molecule has 6 heteroatoms. The second kappa shape index (κ2) is 5.25. The predicted octanol–water partition coefficient (Wildman–Crippen LogP) is 1.96. The summed E-state index contributed by atoms with van der Waals surface area (Å²) in [6.07, 6.45) is 3.08. The third-order valence-electron chi connectivity index (χ3n) is 1.34. The summed E-state index contributed by atoms with van der Waals surface area (Å²) in [4.78, 5) is 19.0. The number of hydrogen-bond acceptors (Lipinski definition) is 5. The molecule has 0 amide bonds. The van der Waals surface area contributed by atoms with Crippen LogP contribution in [0.5, 0.6) is 6.01 Å². The topological polar surface area (TPSA) is 61.3 Å². The van der Waals surface area contributed by atoms with Crippen LogP contribution in [0.2, 0.25) is 0 Å². The number of carbonyl (C=O) groups excluding carboxylic acids is 1. The van der Waals surface area contributed by atoms with Crippen LogP contribution in [-0.2, 0) is 9.53 Å². The molecule has 88 valence electrons. The Balaban J connectivity index is 2.40. The highest BCUT2D eigenvalue weighted by Gasteiger charge is 2.16. The van der Waals surface area contributed by atoms with E-state index in [1.165, 1.54) is 12.4 Å². The van der Waals surface area contributed by atoms with Crippen molar-refractivity contribution >= 4 is 21.9 Å². The van der Waals surface area contributed by atoms with Crippen LogP contribution in [0, 0.1) is 0 Å². The smallest absolute Gasteiger partial charge is 0.344 e. The zero-order chi connectivity index (χ0) is 12.2. The van der Waals surface area contributed by atoms with Gasteiger partial charge in [-0.1, -0.05) is 0 Å². The summed E-state index contributed by atoms with van der Waals surface area (Å²) in [5.41, 5.74) is -0.513.